The zero-order valence-electron chi connectivity index (χ0n) is 20.4. The Hall–Kier alpha value is -3.98. The average molecular weight is 500 g/mol. The Morgan fingerprint density at radius 2 is 1.92 bits per heavy atom. The molecule has 0 saturated carbocycles. The molecule has 9 heteroatoms. The molecule has 2 aromatic heterocycles. The summed E-state index contributed by atoms with van der Waals surface area (Å²) in [6, 6.07) is 14.6. The predicted molar refractivity (Wildman–Crippen MR) is 138 cm³/mol. The Morgan fingerprint density at radius 1 is 1.17 bits per heavy atom. The van der Waals surface area contributed by atoms with Gasteiger partial charge in [-0.25, -0.2) is 4.99 Å². The summed E-state index contributed by atoms with van der Waals surface area (Å²) in [4.78, 5) is 33.1. The first-order valence-corrected chi connectivity index (χ1v) is 12.5. The van der Waals surface area contributed by atoms with Gasteiger partial charge in [-0.05, 0) is 44.5 Å². The highest BCUT2D eigenvalue weighted by Gasteiger charge is 2.55. The second-order valence-corrected chi connectivity index (χ2v) is 10.4. The molecule has 0 saturated heterocycles. The fraction of sp³-hybridized carbons (Fsp3) is 0.259. The van der Waals surface area contributed by atoms with Gasteiger partial charge in [0.15, 0.2) is 4.80 Å². The van der Waals surface area contributed by atoms with E-state index in [0.717, 1.165) is 28.1 Å². The van der Waals surface area contributed by atoms with E-state index in [2.05, 4.69) is 10.4 Å². The summed E-state index contributed by atoms with van der Waals surface area (Å²) < 4.78 is 10.3. The van der Waals surface area contributed by atoms with E-state index in [1.807, 2.05) is 82.4 Å². The third kappa shape index (κ3) is 3.34. The molecule has 36 heavy (non-hydrogen) atoms. The Balaban J connectivity index is 1.55. The highest BCUT2D eigenvalue weighted by atomic mass is 32.1. The lowest BCUT2D eigenvalue weighted by Crippen LogP contribution is -2.59. The van der Waals surface area contributed by atoms with Crippen molar-refractivity contribution in [2.45, 2.75) is 32.5 Å². The first kappa shape index (κ1) is 22.5. The van der Waals surface area contributed by atoms with Gasteiger partial charge in [0, 0.05) is 29.6 Å². The number of carbonyl (C=O) groups excluding carboxylic acids is 1. The van der Waals surface area contributed by atoms with E-state index in [-0.39, 0.29) is 11.5 Å². The Kier molecular flexibility index (Phi) is 5.01. The van der Waals surface area contributed by atoms with E-state index < -0.39 is 17.7 Å². The van der Waals surface area contributed by atoms with Crippen LogP contribution in [0.15, 0.2) is 64.5 Å². The molecular formula is C27H25N5O3S. The van der Waals surface area contributed by atoms with E-state index in [9.17, 15) is 9.59 Å². The van der Waals surface area contributed by atoms with Crippen molar-refractivity contribution in [1.82, 2.24) is 14.3 Å². The molecule has 4 heterocycles. The monoisotopic (exact) mass is 499 g/mol. The summed E-state index contributed by atoms with van der Waals surface area (Å²) in [6.07, 6.45) is 3.59. The molecule has 0 spiro atoms. The van der Waals surface area contributed by atoms with Crippen LogP contribution in [0.4, 0.5) is 5.69 Å². The number of ether oxygens (including phenoxy) is 1. The smallest absolute Gasteiger partial charge is 0.270 e. The fourth-order valence-corrected chi connectivity index (χ4v) is 6.16. The van der Waals surface area contributed by atoms with E-state index in [1.165, 1.54) is 11.3 Å². The molecule has 2 bridgehead atoms. The molecule has 6 rings (SSSR count). The molecule has 2 aromatic carbocycles. The van der Waals surface area contributed by atoms with Crippen molar-refractivity contribution in [3.63, 3.8) is 0 Å². The van der Waals surface area contributed by atoms with Gasteiger partial charge in [-0.2, -0.15) is 5.10 Å². The maximum Gasteiger partial charge on any atom is 0.270 e. The van der Waals surface area contributed by atoms with Crippen molar-refractivity contribution in [1.29, 1.82) is 0 Å². The van der Waals surface area contributed by atoms with Gasteiger partial charge in [-0.1, -0.05) is 47.7 Å². The number of para-hydroxylation sites is 2. The first-order chi connectivity index (χ1) is 17.3. The van der Waals surface area contributed by atoms with Crippen molar-refractivity contribution in [2.75, 3.05) is 5.32 Å². The van der Waals surface area contributed by atoms with Gasteiger partial charge in [0.05, 0.1) is 16.8 Å². The second kappa shape index (κ2) is 8.03. The average Bonchev–Trinajstić information content (AvgIpc) is 3.32. The van der Waals surface area contributed by atoms with Crippen LogP contribution in [-0.4, -0.2) is 26.0 Å². The molecule has 3 atom stereocenters. The quantitative estimate of drug-likeness (QED) is 0.469. The number of aromatic nitrogens is 3. The van der Waals surface area contributed by atoms with Crippen LogP contribution in [-0.2, 0) is 11.8 Å². The zero-order valence-corrected chi connectivity index (χ0v) is 21.2. The van der Waals surface area contributed by atoms with Gasteiger partial charge in [0.2, 0.25) is 11.6 Å². The van der Waals surface area contributed by atoms with Crippen molar-refractivity contribution < 1.29 is 9.53 Å². The van der Waals surface area contributed by atoms with Crippen LogP contribution >= 0.6 is 11.3 Å². The molecule has 0 unspecified atom stereocenters. The van der Waals surface area contributed by atoms with Crippen LogP contribution in [0, 0.1) is 19.8 Å². The molecule has 182 valence electrons. The van der Waals surface area contributed by atoms with Gasteiger partial charge >= 0.3 is 0 Å². The van der Waals surface area contributed by atoms with E-state index in [1.54, 1.807) is 15.4 Å². The van der Waals surface area contributed by atoms with E-state index in [4.69, 9.17) is 9.73 Å². The number of amides is 1. The SMILES string of the molecule is Cc1ccccc1NC(=O)[C@H]1[C@H]2c3ccccc3O[C@]1(C)N=c1s/c(=C/c3cnn(C)c3C)c(=O)n12. The van der Waals surface area contributed by atoms with Crippen molar-refractivity contribution >= 4 is 29.0 Å². The molecule has 4 aromatic rings. The number of thiazole rings is 1. The molecule has 8 nitrogen and oxygen atoms in total. The maximum absolute atomic E-state index is 13.8. The first-order valence-electron chi connectivity index (χ1n) is 11.7. The van der Waals surface area contributed by atoms with Gasteiger partial charge < -0.3 is 10.1 Å². The third-order valence-electron chi connectivity index (χ3n) is 7.12. The number of hydrogen-bond donors (Lipinski definition) is 1. The van der Waals surface area contributed by atoms with Gasteiger partial charge in [0.25, 0.3) is 5.56 Å². The molecular weight excluding hydrogens is 474 g/mol. The van der Waals surface area contributed by atoms with Crippen LogP contribution in [0.25, 0.3) is 6.08 Å². The Bertz CT molecular complexity index is 1720. The van der Waals surface area contributed by atoms with Crippen LogP contribution in [0.2, 0.25) is 0 Å². The van der Waals surface area contributed by atoms with Gasteiger partial charge in [0.1, 0.15) is 11.7 Å². The summed E-state index contributed by atoms with van der Waals surface area (Å²) in [5.41, 5.74) is 2.94. The number of anilines is 1. The highest BCUT2D eigenvalue weighted by Crippen LogP contribution is 2.47. The molecule has 0 radical (unpaired) electrons. The number of rotatable bonds is 3. The number of carbonyl (C=O) groups is 1. The minimum absolute atomic E-state index is 0.181. The Labute approximate surface area is 211 Å². The number of benzene rings is 2. The minimum Gasteiger partial charge on any atom is -0.465 e. The van der Waals surface area contributed by atoms with Crippen molar-refractivity contribution in [2.24, 2.45) is 18.0 Å². The van der Waals surface area contributed by atoms with Crippen molar-refractivity contribution in [3.8, 4) is 5.75 Å². The van der Waals surface area contributed by atoms with Gasteiger partial charge in [-0.3, -0.25) is 18.8 Å². The number of nitrogens with one attached hydrogen (secondary N) is 1. The number of hydrogen-bond acceptors (Lipinski definition) is 6. The summed E-state index contributed by atoms with van der Waals surface area (Å²) in [5, 5.41) is 7.35. The molecule has 0 fully saturated rings. The minimum atomic E-state index is -1.18. The van der Waals surface area contributed by atoms with Crippen molar-refractivity contribution in [3.05, 3.63) is 96.8 Å². The largest absolute Gasteiger partial charge is 0.465 e. The Morgan fingerprint density at radius 3 is 2.67 bits per heavy atom. The van der Waals surface area contributed by atoms with E-state index in [0.29, 0.717) is 15.1 Å². The van der Waals surface area contributed by atoms with E-state index >= 15 is 0 Å². The van der Waals surface area contributed by atoms with Crippen LogP contribution < -0.4 is 24.9 Å². The van der Waals surface area contributed by atoms with Crippen LogP contribution in [0.3, 0.4) is 0 Å². The lowest BCUT2D eigenvalue weighted by Gasteiger charge is -2.45. The van der Waals surface area contributed by atoms with Gasteiger partial charge in [-0.15, -0.1) is 0 Å². The lowest BCUT2D eigenvalue weighted by atomic mass is 9.80. The molecule has 2 aliphatic rings. The standard InChI is InChI=1S/C27H25N5O3S/c1-15-9-5-7-11-19(15)29-24(33)22-23-18-10-6-8-12-20(18)35-27(22,3)30-26-32(23)25(34)21(36-26)13-17-14-28-31(4)16(17)2/h5-14,22-23H,1-4H3,(H,29,33)/b21-13+/t22-,23-,27+/m1/s1. The van der Waals surface area contributed by atoms with Crippen LogP contribution in [0.1, 0.15) is 35.3 Å². The summed E-state index contributed by atoms with van der Waals surface area (Å²) in [5.74, 6) is -0.363. The number of aryl methyl sites for hydroxylation is 2. The number of nitrogens with zero attached hydrogens (tertiary/aromatic N) is 4. The summed E-state index contributed by atoms with van der Waals surface area (Å²) in [6.45, 7) is 5.72. The maximum atomic E-state index is 13.8. The molecule has 1 amide bonds. The summed E-state index contributed by atoms with van der Waals surface area (Å²) in [7, 11) is 1.87. The normalized spacial score (nSPS) is 22.3. The topological polar surface area (TPSA) is 90.5 Å². The zero-order chi connectivity index (χ0) is 25.2. The lowest BCUT2D eigenvalue weighted by molar-refractivity contribution is -0.131. The predicted octanol–water partition coefficient (Wildman–Crippen LogP) is 2.68. The molecule has 0 aliphatic carbocycles. The number of fused-ring (bicyclic) bond motifs is 6. The molecule has 2 aliphatic heterocycles. The summed E-state index contributed by atoms with van der Waals surface area (Å²) >= 11 is 1.30. The third-order valence-corrected chi connectivity index (χ3v) is 8.11. The fourth-order valence-electron chi connectivity index (χ4n) is 5.07. The highest BCUT2D eigenvalue weighted by molar-refractivity contribution is 7.07. The van der Waals surface area contributed by atoms with Crippen LogP contribution in [0.5, 0.6) is 5.75 Å². The second-order valence-electron chi connectivity index (χ2n) is 9.41. The molecule has 1 N–H and O–H groups in total.